The average Bonchev–Trinajstić information content (AvgIpc) is 1.99. The van der Waals surface area contributed by atoms with Crippen molar-refractivity contribution in [3.63, 3.8) is 0 Å². The van der Waals surface area contributed by atoms with Gasteiger partial charge < -0.3 is 14.9 Å². The highest BCUT2D eigenvalue weighted by Crippen LogP contribution is 1.90. The lowest BCUT2D eigenvalue weighted by Crippen LogP contribution is -2.24. The molecule has 0 aromatic rings. The van der Waals surface area contributed by atoms with Gasteiger partial charge in [0.2, 0.25) is 0 Å². The van der Waals surface area contributed by atoms with E-state index in [0.29, 0.717) is 0 Å². The Morgan fingerprint density at radius 1 is 1.60 bits per heavy atom. The maximum atomic E-state index is 10.4. The van der Waals surface area contributed by atoms with E-state index >= 15 is 0 Å². The lowest BCUT2D eigenvalue weighted by molar-refractivity contribution is -0.147. The summed E-state index contributed by atoms with van der Waals surface area (Å²) in [4.78, 5) is 10.4. The lowest BCUT2D eigenvalue weighted by Gasteiger charge is -2.09. The average molecular weight is 146 g/mol. The summed E-state index contributed by atoms with van der Waals surface area (Å²) >= 11 is 0. The van der Waals surface area contributed by atoms with Crippen LogP contribution in [0.5, 0.6) is 0 Å². The second-order valence-electron chi connectivity index (χ2n) is 1.63. The zero-order valence-corrected chi connectivity index (χ0v) is 5.49. The molecule has 0 aliphatic rings. The minimum atomic E-state index is -0.828. The highest BCUT2D eigenvalue weighted by atomic mass is 16.6. The number of hydrogen-bond donors (Lipinski definition) is 2. The molecule has 2 N–H and O–H groups in total. The van der Waals surface area contributed by atoms with Crippen molar-refractivity contribution < 1.29 is 19.7 Å². The number of ether oxygens (including phenoxy) is 1. The number of rotatable bonds is 4. The first-order chi connectivity index (χ1) is 4.74. The zero-order chi connectivity index (χ0) is 7.98. The van der Waals surface area contributed by atoms with Gasteiger partial charge in [0.15, 0.2) is 0 Å². The van der Waals surface area contributed by atoms with Crippen LogP contribution in [0, 0.1) is 0 Å². The normalized spacial score (nSPS) is 9.50. The highest BCUT2D eigenvalue weighted by molar-refractivity contribution is 5.81. The third-order valence-corrected chi connectivity index (χ3v) is 0.857. The van der Waals surface area contributed by atoms with Crippen molar-refractivity contribution in [2.24, 2.45) is 0 Å². The molecule has 0 radical (unpaired) electrons. The standard InChI is InChI=1S/C6H10O4/c1-2-6(9)10-5(3-7)4-8/h2,5,7-8H,1,3-4H2. The molecule has 0 fully saturated rings. The Bertz CT molecular complexity index is 117. The number of esters is 1. The summed E-state index contributed by atoms with van der Waals surface area (Å²) in [5.74, 6) is -0.645. The summed E-state index contributed by atoms with van der Waals surface area (Å²) in [6.07, 6.45) is 0.142. The highest BCUT2D eigenvalue weighted by Gasteiger charge is 2.08. The minimum Gasteiger partial charge on any atom is -0.454 e. The monoisotopic (exact) mass is 146 g/mol. The molecule has 10 heavy (non-hydrogen) atoms. The lowest BCUT2D eigenvalue weighted by atomic mass is 10.4. The predicted molar refractivity (Wildman–Crippen MR) is 34.2 cm³/mol. The summed E-state index contributed by atoms with van der Waals surface area (Å²) in [6, 6.07) is 0. The van der Waals surface area contributed by atoms with Gasteiger partial charge in [-0.25, -0.2) is 4.79 Å². The molecule has 0 saturated carbocycles. The van der Waals surface area contributed by atoms with Gasteiger partial charge >= 0.3 is 5.97 Å². The fraction of sp³-hybridized carbons (Fsp3) is 0.500. The van der Waals surface area contributed by atoms with Crippen LogP contribution in [-0.2, 0) is 9.53 Å². The van der Waals surface area contributed by atoms with Crippen molar-refractivity contribution in [3.8, 4) is 0 Å². The molecule has 0 spiro atoms. The summed E-state index contributed by atoms with van der Waals surface area (Å²) in [7, 11) is 0. The van der Waals surface area contributed by atoms with Crippen molar-refractivity contribution in [3.05, 3.63) is 12.7 Å². The number of aliphatic hydroxyl groups excluding tert-OH is 2. The molecule has 0 aromatic heterocycles. The van der Waals surface area contributed by atoms with Gasteiger partial charge in [0.05, 0.1) is 13.2 Å². The van der Waals surface area contributed by atoms with E-state index in [1.165, 1.54) is 0 Å². The van der Waals surface area contributed by atoms with E-state index in [1.54, 1.807) is 0 Å². The van der Waals surface area contributed by atoms with E-state index in [-0.39, 0.29) is 13.2 Å². The largest absolute Gasteiger partial charge is 0.454 e. The Morgan fingerprint density at radius 2 is 2.10 bits per heavy atom. The van der Waals surface area contributed by atoms with Gasteiger partial charge in [-0.05, 0) is 0 Å². The van der Waals surface area contributed by atoms with Crippen molar-refractivity contribution >= 4 is 5.97 Å². The Labute approximate surface area is 58.7 Å². The van der Waals surface area contributed by atoms with Gasteiger partial charge in [-0.2, -0.15) is 0 Å². The van der Waals surface area contributed by atoms with Crippen molar-refractivity contribution in [1.29, 1.82) is 0 Å². The molecule has 0 amide bonds. The van der Waals surface area contributed by atoms with E-state index in [2.05, 4.69) is 11.3 Å². The summed E-state index contributed by atoms with van der Waals surface area (Å²) in [5.41, 5.74) is 0. The molecule has 4 heteroatoms. The Balaban J connectivity index is 3.62. The van der Waals surface area contributed by atoms with Crippen LogP contribution in [0.1, 0.15) is 0 Å². The fourth-order valence-corrected chi connectivity index (χ4v) is 0.345. The summed E-state index contributed by atoms with van der Waals surface area (Å²) < 4.78 is 4.44. The van der Waals surface area contributed by atoms with Gasteiger partial charge in [0, 0.05) is 6.08 Å². The van der Waals surface area contributed by atoms with Gasteiger partial charge in [-0.15, -0.1) is 0 Å². The van der Waals surface area contributed by atoms with Gasteiger partial charge in [0.25, 0.3) is 0 Å². The maximum Gasteiger partial charge on any atom is 0.330 e. The number of hydrogen-bond acceptors (Lipinski definition) is 4. The molecule has 0 saturated heterocycles. The molecular weight excluding hydrogens is 136 g/mol. The summed E-state index contributed by atoms with van der Waals surface area (Å²) in [6.45, 7) is 2.39. The van der Waals surface area contributed by atoms with E-state index in [4.69, 9.17) is 10.2 Å². The SMILES string of the molecule is C=CC(=O)OC(CO)CO. The molecule has 0 rings (SSSR count). The molecule has 0 bridgehead atoms. The van der Waals surface area contributed by atoms with Crippen molar-refractivity contribution in [2.45, 2.75) is 6.10 Å². The molecule has 0 aromatic carbocycles. The topological polar surface area (TPSA) is 66.8 Å². The smallest absolute Gasteiger partial charge is 0.330 e. The molecular formula is C6H10O4. The third-order valence-electron chi connectivity index (χ3n) is 0.857. The van der Waals surface area contributed by atoms with Gasteiger partial charge in [-0.1, -0.05) is 6.58 Å². The van der Waals surface area contributed by atoms with Crippen LogP contribution in [0.15, 0.2) is 12.7 Å². The van der Waals surface area contributed by atoms with E-state index in [0.717, 1.165) is 6.08 Å². The molecule has 0 unspecified atom stereocenters. The Morgan fingerprint density at radius 3 is 2.40 bits per heavy atom. The van der Waals surface area contributed by atoms with Crippen LogP contribution < -0.4 is 0 Å². The van der Waals surface area contributed by atoms with Crippen LogP contribution in [0.2, 0.25) is 0 Å². The second kappa shape index (κ2) is 4.96. The molecule has 58 valence electrons. The maximum absolute atomic E-state index is 10.4. The first-order valence-electron chi connectivity index (χ1n) is 2.79. The summed E-state index contributed by atoms with van der Waals surface area (Å²) in [5, 5.41) is 16.8. The first kappa shape index (κ1) is 9.13. The van der Waals surface area contributed by atoms with Crippen molar-refractivity contribution in [2.75, 3.05) is 13.2 Å². The molecule has 0 aliphatic heterocycles. The Kier molecular flexibility index (Phi) is 4.53. The van der Waals surface area contributed by atoms with Crippen molar-refractivity contribution in [1.82, 2.24) is 0 Å². The van der Waals surface area contributed by atoms with Crippen LogP contribution in [0.4, 0.5) is 0 Å². The zero-order valence-electron chi connectivity index (χ0n) is 5.49. The van der Waals surface area contributed by atoms with E-state index in [9.17, 15) is 4.79 Å². The fourth-order valence-electron chi connectivity index (χ4n) is 0.345. The third kappa shape index (κ3) is 3.21. The minimum absolute atomic E-state index is 0.379. The quantitative estimate of drug-likeness (QED) is 0.397. The molecule has 0 atom stereocenters. The molecule has 0 aliphatic carbocycles. The van der Waals surface area contributed by atoms with E-state index < -0.39 is 12.1 Å². The second-order valence-corrected chi connectivity index (χ2v) is 1.63. The Hall–Kier alpha value is -0.870. The van der Waals surface area contributed by atoms with Crippen LogP contribution in [0.3, 0.4) is 0 Å². The molecule has 4 nitrogen and oxygen atoms in total. The van der Waals surface area contributed by atoms with Gasteiger partial charge in [-0.3, -0.25) is 0 Å². The van der Waals surface area contributed by atoms with Crippen LogP contribution >= 0.6 is 0 Å². The first-order valence-corrected chi connectivity index (χ1v) is 2.79. The number of aliphatic hydroxyl groups is 2. The van der Waals surface area contributed by atoms with Crippen LogP contribution in [0.25, 0.3) is 0 Å². The number of carbonyl (C=O) groups is 1. The molecule has 0 heterocycles. The predicted octanol–water partition coefficient (Wildman–Crippen LogP) is -0.931. The van der Waals surface area contributed by atoms with Crippen LogP contribution in [-0.4, -0.2) is 35.5 Å². The van der Waals surface area contributed by atoms with Gasteiger partial charge in [0.1, 0.15) is 6.10 Å². The number of carbonyl (C=O) groups excluding carboxylic acids is 1. The van der Waals surface area contributed by atoms with E-state index in [1.807, 2.05) is 0 Å².